The lowest BCUT2D eigenvalue weighted by Crippen LogP contribution is -2.57. The molecular formula is C22H25F3N4O4S. The molecule has 8 nitrogen and oxygen atoms in total. The summed E-state index contributed by atoms with van der Waals surface area (Å²) >= 11 is 0.860. The number of nitrogens with one attached hydrogen (secondary N) is 1. The van der Waals surface area contributed by atoms with E-state index in [1.54, 1.807) is 9.80 Å². The predicted molar refractivity (Wildman–Crippen MR) is 119 cm³/mol. The monoisotopic (exact) mass is 498 g/mol. The average molecular weight is 499 g/mol. The quantitative estimate of drug-likeness (QED) is 0.696. The summed E-state index contributed by atoms with van der Waals surface area (Å²) in [4.78, 5) is 32.4. The van der Waals surface area contributed by atoms with Crippen molar-refractivity contribution < 1.29 is 32.2 Å². The minimum atomic E-state index is -4.57. The number of amides is 2. The van der Waals surface area contributed by atoms with Gasteiger partial charge in [0.05, 0.1) is 34.6 Å². The van der Waals surface area contributed by atoms with Crippen molar-refractivity contribution >= 4 is 39.4 Å². The molecule has 1 N–H and O–H groups in total. The first-order valence-corrected chi connectivity index (χ1v) is 12.1. The van der Waals surface area contributed by atoms with Gasteiger partial charge in [0, 0.05) is 63.3 Å². The van der Waals surface area contributed by atoms with Crippen LogP contribution >= 0.6 is 11.3 Å². The zero-order chi connectivity index (χ0) is 24.0. The Bertz CT molecular complexity index is 1090. The molecule has 12 heteroatoms. The maximum Gasteiger partial charge on any atom is 0.417 e. The number of aromatic nitrogens is 1. The van der Waals surface area contributed by atoms with Gasteiger partial charge in [0.1, 0.15) is 11.9 Å². The van der Waals surface area contributed by atoms with E-state index in [9.17, 15) is 22.8 Å². The number of fused-ring (bicyclic) bond motifs is 1. The molecule has 34 heavy (non-hydrogen) atoms. The largest absolute Gasteiger partial charge is 0.446 e. The number of halogens is 3. The maximum absolute atomic E-state index is 13.8. The zero-order valence-electron chi connectivity index (χ0n) is 18.6. The number of likely N-dealkylation sites (tertiary alicyclic amines) is 1. The lowest BCUT2D eigenvalue weighted by atomic mass is 9.85. The Morgan fingerprint density at radius 1 is 1.21 bits per heavy atom. The summed E-state index contributed by atoms with van der Waals surface area (Å²) in [5, 5.41) is 3.85. The van der Waals surface area contributed by atoms with E-state index in [1.165, 1.54) is 12.4 Å². The first-order valence-electron chi connectivity index (χ1n) is 11.2. The van der Waals surface area contributed by atoms with Crippen LogP contribution in [0.3, 0.4) is 0 Å². The smallest absolute Gasteiger partial charge is 0.417 e. The number of anilines is 1. The van der Waals surface area contributed by atoms with Crippen molar-refractivity contribution in [2.24, 2.45) is 11.8 Å². The van der Waals surface area contributed by atoms with Crippen LogP contribution in [0.2, 0.25) is 0 Å². The molecule has 5 rings (SSSR count). The number of alkyl halides is 3. The number of carbonyl (C=O) groups is 2. The van der Waals surface area contributed by atoms with E-state index < -0.39 is 17.6 Å². The first-order chi connectivity index (χ1) is 16.2. The van der Waals surface area contributed by atoms with Crippen molar-refractivity contribution in [3.05, 3.63) is 22.6 Å². The van der Waals surface area contributed by atoms with Gasteiger partial charge >= 0.3 is 12.3 Å². The van der Waals surface area contributed by atoms with Gasteiger partial charge in [-0.15, -0.1) is 11.3 Å². The van der Waals surface area contributed by atoms with Gasteiger partial charge in [0.2, 0.25) is 0 Å². The minimum absolute atomic E-state index is 0.0481. The Balaban J connectivity index is 1.25. The Labute approximate surface area is 198 Å². The third kappa shape index (κ3) is 4.28. The predicted octanol–water partition coefficient (Wildman–Crippen LogP) is 3.36. The number of carbonyl (C=O) groups excluding carboxylic acids is 2. The van der Waals surface area contributed by atoms with Crippen molar-refractivity contribution in [3.8, 4) is 0 Å². The molecule has 0 aliphatic carbocycles. The third-order valence-corrected chi connectivity index (χ3v) is 7.82. The van der Waals surface area contributed by atoms with Crippen LogP contribution in [0.5, 0.6) is 0 Å². The van der Waals surface area contributed by atoms with Crippen LogP contribution in [0.1, 0.15) is 28.8 Å². The van der Waals surface area contributed by atoms with E-state index in [0.29, 0.717) is 50.9 Å². The van der Waals surface area contributed by atoms with Crippen LogP contribution in [-0.4, -0.2) is 74.4 Å². The van der Waals surface area contributed by atoms with Crippen LogP contribution < -0.4 is 10.2 Å². The number of pyridine rings is 1. The molecule has 0 atom stereocenters. The topological polar surface area (TPSA) is 84.0 Å². The number of piperidine rings is 1. The molecule has 0 spiro atoms. The molecule has 2 aromatic rings. The highest BCUT2D eigenvalue weighted by atomic mass is 32.1. The number of ether oxygens (including phenoxy) is 2. The van der Waals surface area contributed by atoms with E-state index in [2.05, 4.69) is 10.3 Å². The second-order valence-corrected chi connectivity index (χ2v) is 9.84. The molecule has 3 aliphatic rings. The summed E-state index contributed by atoms with van der Waals surface area (Å²) in [6.07, 6.45) is -4.21. The molecule has 0 bridgehead atoms. The lowest BCUT2D eigenvalue weighted by molar-refractivity contribution is -0.136. The fraction of sp³-hybridized carbons (Fsp3) is 0.591. The van der Waals surface area contributed by atoms with Gasteiger partial charge in [-0.1, -0.05) is 0 Å². The van der Waals surface area contributed by atoms with Gasteiger partial charge < -0.3 is 24.6 Å². The van der Waals surface area contributed by atoms with Gasteiger partial charge in [-0.2, -0.15) is 13.2 Å². The average Bonchev–Trinajstić information content (AvgIpc) is 3.17. The number of hydrogen-bond acceptors (Lipinski definition) is 7. The molecule has 0 radical (unpaired) electrons. The SMILES string of the molecule is CNC(=O)c1csc2c(C(F)(F)F)cc(N3CCC(OC(=O)N4CC(C5COC5)C4)CC3)nc12. The summed E-state index contributed by atoms with van der Waals surface area (Å²) in [7, 11) is 1.43. The fourth-order valence-corrected chi connectivity index (χ4v) is 5.59. The summed E-state index contributed by atoms with van der Waals surface area (Å²) < 4.78 is 52.1. The van der Waals surface area contributed by atoms with Crippen molar-refractivity contribution in [1.82, 2.24) is 15.2 Å². The van der Waals surface area contributed by atoms with Gasteiger partial charge in [0.25, 0.3) is 5.91 Å². The molecule has 5 heterocycles. The van der Waals surface area contributed by atoms with E-state index >= 15 is 0 Å². The van der Waals surface area contributed by atoms with E-state index in [4.69, 9.17) is 9.47 Å². The maximum atomic E-state index is 13.8. The van der Waals surface area contributed by atoms with Gasteiger partial charge in [-0.05, 0) is 6.07 Å². The minimum Gasteiger partial charge on any atom is -0.446 e. The van der Waals surface area contributed by atoms with Crippen molar-refractivity contribution in [3.63, 3.8) is 0 Å². The van der Waals surface area contributed by atoms with E-state index in [0.717, 1.165) is 30.6 Å². The molecule has 3 fully saturated rings. The summed E-state index contributed by atoms with van der Waals surface area (Å²) in [6, 6.07) is 1.04. The highest BCUT2D eigenvalue weighted by Crippen LogP contribution is 2.40. The van der Waals surface area contributed by atoms with Gasteiger partial charge in [-0.25, -0.2) is 9.78 Å². The number of rotatable bonds is 4. The Morgan fingerprint density at radius 3 is 2.50 bits per heavy atom. The number of thiophene rings is 1. The highest BCUT2D eigenvalue weighted by molar-refractivity contribution is 7.17. The molecule has 0 aromatic carbocycles. The van der Waals surface area contributed by atoms with Crippen LogP contribution in [0.4, 0.5) is 23.8 Å². The Hall–Kier alpha value is -2.60. The fourth-order valence-electron chi connectivity index (χ4n) is 4.57. The van der Waals surface area contributed by atoms with Crippen molar-refractivity contribution in [1.29, 1.82) is 0 Å². The number of nitrogens with zero attached hydrogens (tertiary/aromatic N) is 3. The summed E-state index contributed by atoms with van der Waals surface area (Å²) in [6.45, 7) is 3.69. The van der Waals surface area contributed by atoms with Gasteiger partial charge in [0.15, 0.2) is 0 Å². The molecule has 3 saturated heterocycles. The van der Waals surface area contributed by atoms with Crippen LogP contribution in [0.15, 0.2) is 11.4 Å². The molecule has 2 amide bonds. The number of hydrogen-bond donors (Lipinski definition) is 1. The Morgan fingerprint density at radius 2 is 1.91 bits per heavy atom. The molecule has 0 saturated carbocycles. The first kappa shape index (κ1) is 23.2. The summed E-state index contributed by atoms with van der Waals surface area (Å²) in [5.74, 6) is 0.698. The molecule has 184 valence electrons. The van der Waals surface area contributed by atoms with Crippen LogP contribution in [0, 0.1) is 11.8 Å². The Kier molecular flexibility index (Phi) is 6.05. The molecule has 3 aliphatic heterocycles. The second-order valence-electron chi connectivity index (χ2n) is 8.96. The standard InChI is InChI=1S/C22H25F3N4O4S/c1-26-20(30)15-11-34-19-16(22(23,24)25)6-17(27-18(15)19)28-4-2-14(3-5-28)33-21(31)29-7-12(8-29)13-9-32-10-13/h6,11-14H,2-5,7-10H2,1H3,(H,26,30). The van der Waals surface area contributed by atoms with E-state index in [1.807, 2.05) is 0 Å². The van der Waals surface area contributed by atoms with Gasteiger partial charge in [-0.3, -0.25) is 4.79 Å². The van der Waals surface area contributed by atoms with E-state index in [-0.39, 0.29) is 33.8 Å². The normalized spacial score (nSPS) is 20.2. The third-order valence-electron chi connectivity index (χ3n) is 6.82. The molecule has 0 unspecified atom stereocenters. The lowest BCUT2D eigenvalue weighted by Gasteiger charge is -2.46. The van der Waals surface area contributed by atoms with Crippen LogP contribution in [0.25, 0.3) is 10.2 Å². The van der Waals surface area contributed by atoms with Crippen molar-refractivity contribution in [2.75, 3.05) is 51.3 Å². The summed E-state index contributed by atoms with van der Waals surface area (Å²) in [5.41, 5.74) is -0.627. The molecule has 2 aromatic heterocycles. The molecular weight excluding hydrogens is 473 g/mol. The van der Waals surface area contributed by atoms with Crippen molar-refractivity contribution in [2.45, 2.75) is 25.1 Å². The highest BCUT2D eigenvalue weighted by Gasteiger charge is 2.41. The van der Waals surface area contributed by atoms with Crippen LogP contribution in [-0.2, 0) is 15.7 Å². The second kappa shape index (κ2) is 8.88. The zero-order valence-corrected chi connectivity index (χ0v) is 19.4.